The van der Waals surface area contributed by atoms with E-state index in [1.807, 2.05) is 12.4 Å². The molecule has 10 heavy (non-hydrogen) atoms. The summed E-state index contributed by atoms with van der Waals surface area (Å²) in [5, 5.41) is 3.18. The summed E-state index contributed by atoms with van der Waals surface area (Å²) < 4.78 is 2.09. The third-order valence-corrected chi connectivity index (χ3v) is 2.75. The van der Waals surface area contributed by atoms with Gasteiger partial charge in [0.1, 0.15) is 6.04 Å². The highest BCUT2D eigenvalue weighted by molar-refractivity contribution is 14.1. The van der Waals surface area contributed by atoms with Crippen molar-refractivity contribution in [3.8, 4) is 0 Å². The molecule has 0 spiro atoms. The van der Waals surface area contributed by atoms with Gasteiger partial charge in [0.15, 0.2) is 0 Å². The second-order valence-electron chi connectivity index (χ2n) is 2.47. The van der Waals surface area contributed by atoms with Crippen LogP contribution >= 0.6 is 22.9 Å². The number of nitrogens with one attached hydrogen (secondary N) is 1. The maximum Gasteiger partial charge on any atom is 0.103 e. The van der Waals surface area contributed by atoms with E-state index in [-0.39, 0.29) is 0 Å². The van der Waals surface area contributed by atoms with Crippen molar-refractivity contribution in [3.05, 3.63) is 24.2 Å². The molecule has 0 aromatic rings. The second-order valence-corrected chi connectivity index (χ2v) is 3.58. The van der Waals surface area contributed by atoms with Gasteiger partial charge >= 0.3 is 0 Å². The van der Waals surface area contributed by atoms with E-state index in [2.05, 4.69) is 37.4 Å². The summed E-state index contributed by atoms with van der Waals surface area (Å²) in [5.74, 6) is 0. The summed E-state index contributed by atoms with van der Waals surface area (Å²) in [6.07, 6.45) is 6.04. The van der Waals surface area contributed by atoms with Gasteiger partial charge in [-0.3, -0.25) is 0 Å². The summed E-state index contributed by atoms with van der Waals surface area (Å²) in [7, 11) is 0. The van der Waals surface area contributed by atoms with Crippen molar-refractivity contribution < 1.29 is 0 Å². The van der Waals surface area contributed by atoms with Gasteiger partial charge in [0.25, 0.3) is 0 Å². The standard InChI is InChI=1S/C6H8IN3/c7-10-2-1-5-6(10)4(8)3-9-5/h1-3,5-6,9H,8H2. The molecule has 2 unspecified atom stereocenters. The molecular weight excluding hydrogens is 241 g/mol. The fourth-order valence-electron chi connectivity index (χ4n) is 1.30. The fourth-order valence-corrected chi connectivity index (χ4v) is 2.15. The highest BCUT2D eigenvalue weighted by atomic mass is 127. The first-order chi connectivity index (χ1) is 4.79. The molecule has 2 aliphatic rings. The summed E-state index contributed by atoms with van der Waals surface area (Å²) in [4.78, 5) is 0. The minimum absolute atomic E-state index is 0.348. The molecule has 0 aromatic heterocycles. The highest BCUT2D eigenvalue weighted by Crippen LogP contribution is 2.26. The minimum Gasteiger partial charge on any atom is -0.399 e. The molecule has 0 bridgehead atoms. The molecule has 0 aliphatic carbocycles. The van der Waals surface area contributed by atoms with Gasteiger partial charge in [0.2, 0.25) is 0 Å². The molecule has 0 radical (unpaired) electrons. The molecule has 2 atom stereocenters. The lowest BCUT2D eigenvalue weighted by Gasteiger charge is -2.18. The number of rotatable bonds is 0. The SMILES string of the molecule is NC1=CNC2C=CN(I)C12. The van der Waals surface area contributed by atoms with Crippen LogP contribution in [0.25, 0.3) is 0 Å². The van der Waals surface area contributed by atoms with E-state index in [1.165, 1.54) is 0 Å². The van der Waals surface area contributed by atoms with Crippen LogP contribution in [0.1, 0.15) is 0 Å². The highest BCUT2D eigenvalue weighted by Gasteiger charge is 2.33. The molecule has 0 saturated carbocycles. The van der Waals surface area contributed by atoms with Crippen LogP contribution in [0, 0.1) is 0 Å². The van der Waals surface area contributed by atoms with Crippen LogP contribution in [0.4, 0.5) is 0 Å². The van der Waals surface area contributed by atoms with Crippen LogP contribution in [0.5, 0.6) is 0 Å². The number of hydrogen-bond donors (Lipinski definition) is 2. The summed E-state index contributed by atoms with van der Waals surface area (Å²) in [6, 6.07) is 0.748. The van der Waals surface area contributed by atoms with Crippen LogP contribution in [-0.2, 0) is 0 Å². The first kappa shape index (κ1) is 6.33. The maximum absolute atomic E-state index is 5.72. The molecule has 0 fully saturated rings. The number of nitrogens with two attached hydrogens (primary N) is 1. The lowest BCUT2D eigenvalue weighted by atomic mass is 10.2. The van der Waals surface area contributed by atoms with Crippen molar-refractivity contribution >= 4 is 22.9 Å². The van der Waals surface area contributed by atoms with Crippen molar-refractivity contribution in [1.82, 2.24) is 8.43 Å². The van der Waals surface area contributed by atoms with E-state index in [4.69, 9.17) is 5.73 Å². The van der Waals surface area contributed by atoms with E-state index in [9.17, 15) is 0 Å². The predicted molar refractivity (Wildman–Crippen MR) is 48.0 cm³/mol. The van der Waals surface area contributed by atoms with Crippen LogP contribution in [-0.4, -0.2) is 15.2 Å². The van der Waals surface area contributed by atoms with Gasteiger partial charge in [0.05, 0.1) is 34.6 Å². The average Bonchev–Trinajstić information content (AvgIpc) is 2.40. The second kappa shape index (κ2) is 2.05. The van der Waals surface area contributed by atoms with Crippen molar-refractivity contribution in [3.63, 3.8) is 0 Å². The fraction of sp³-hybridized carbons (Fsp3) is 0.333. The Labute approximate surface area is 73.4 Å². The molecule has 4 heteroatoms. The monoisotopic (exact) mass is 249 g/mol. The Hall–Kier alpha value is -0.390. The van der Waals surface area contributed by atoms with Crippen LogP contribution in [0.15, 0.2) is 24.2 Å². The number of nitrogens with zero attached hydrogens (tertiary/aromatic N) is 1. The van der Waals surface area contributed by atoms with Crippen molar-refractivity contribution in [2.45, 2.75) is 12.1 Å². The van der Waals surface area contributed by atoms with Gasteiger partial charge in [-0.15, -0.1) is 0 Å². The van der Waals surface area contributed by atoms with E-state index in [0.717, 1.165) is 5.70 Å². The Bertz CT molecular complexity index is 211. The molecule has 3 nitrogen and oxygen atoms in total. The Morgan fingerprint density at radius 2 is 2.50 bits per heavy atom. The Balaban J connectivity index is 2.25. The van der Waals surface area contributed by atoms with Gasteiger partial charge < -0.3 is 14.2 Å². The lowest BCUT2D eigenvalue weighted by Crippen LogP contribution is -2.34. The number of hydrogen-bond acceptors (Lipinski definition) is 3. The molecule has 0 saturated heterocycles. The zero-order valence-corrected chi connectivity index (χ0v) is 7.45. The molecule has 0 amide bonds. The van der Waals surface area contributed by atoms with Gasteiger partial charge in [-0.25, -0.2) is 0 Å². The van der Waals surface area contributed by atoms with Crippen molar-refractivity contribution in [1.29, 1.82) is 0 Å². The van der Waals surface area contributed by atoms with Crippen LogP contribution in [0.3, 0.4) is 0 Å². The summed E-state index contributed by atoms with van der Waals surface area (Å²) >= 11 is 2.25. The predicted octanol–water partition coefficient (Wildman–Crippen LogP) is 0.306. The van der Waals surface area contributed by atoms with Gasteiger partial charge in [0, 0.05) is 12.4 Å². The largest absolute Gasteiger partial charge is 0.399 e. The molecule has 3 N–H and O–H groups in total. The first-order valence-corrected chi connectivity index (χ1v) is 4.09. The molecular formula is C6H8IN3. The van der Waals surface area contributed by atoms with Gasteiger partial charge in [-0.1, -0.05) is 0 Å². The van der Waals surface area contributed by atoms with E-state index < -0.39 is 0 Å². The zero-order valence-electron chi connectivity index (χ0n) is 5.29. The smallest absolute Gasteiger partial charge is 0.103 e. The van der Waals surface area contributed by atoms with Crippen molar-refractivity contribution in [2.75, 3.05) is 0 Å². The normalized spacial score (nSPS) is 35.7. The molecule has 54 valence electrons. The van der Waals surface area contributed by atoms with Crippen LogP contribution in [0.2, 0.25) is 0 Å². The Morgan fingerprint density at radius 3 is 3.20 bits per heavy atom. The Morgan fingerprint density at radius 1 is 1.70 bits per heavy atom. The number of fused-ring (bicyclic) bond motifs is 1. The average molecular weight is 249 g/mol. The zero-order chi connectivity index (χ0) is 7.14. The van der Waals surface area contributed by atoms with Gasteiger partial charge in [-0.05, 0) is 6.08 Å². The topological polar surface area (TPSA) is 41.3 Å². The maximum atomic E-state index is 5.72. The van der Waals surface area contributed by atoms with Crippen LogP contribution < -0.4 is 11.1 Å². The third-order valence-electron chi connectivity index (χ3n) is 1.83. The van der Waals surface area contributed by atoms with Gasteiger partial charge in [-0.2, -0.15) is 0 Å². The number of halogens is 1. The minimum atomic E-state index is 0.348. The van der Waals surface area contributed by atoms with E-state index in [0.29, 0.717) is 12.1 Å². The lowest BCUT2D eigenvalue weighted by molar-refractivity contribution is 0.522. The van der Waals surface area contributed by atoms with E-state index in [1.54, 1.807) is 0 Å². The first-order valence-electron chi connectivity index (χ1n) is 3.13. The molecule has 2 aliphatic heterocycles. The third kappa shape index (κ3) is 0.712. The molecule has 0 aromatic carbocycles. The Kier molecular flexibility index (Phi) is 1.29. The van der Waals surface area contributed by atoms with E-state index >= 15 is 0 Å². The quantitative estimate of drug-likeness (QED) is 0.479. The summed E-state index contributed by atoms with van der Waals surface area (Å²) in [6.45, 7) is 0. The summed E-state index contributed by atoms with van der Waals surface area (Å²) in [5.41, 5.74) is 6.64. The van der Waals surface area contributed by atoms with Crippen molar-refractivity contribution in [2.24, 2.45) is 5.73 Å². The molecule has 2 rings (SSSR count). The molecule has 2 heterocycles.